The van der Waals surface area contributed by atoms with E-state index < -0.39 is 11.4 Å². The number of aryl methyl sites for hydroxylation is 1. The van der Waals surface area contributed by atoms with Gasteiger partial charge in [0, 0.05) is 18.7 Å². The van der Waals surface area contributed by atoms with Gasteiger partial charge in [-0.05, 0) is 37.5 Å². The first-order valence-corrected chi connectivity index (χ1v) is 9.62. The molecule has 3 aromatic rings. The number of carboxylic acid groups (broad SMARTS) is 1. The monoisotopic (exact) mass is 390 g/mol. The lowest BCUT2D eigenvalue weighted by atomic mass is 9.73. The van der Waals surface area contributed by atoms with Crippen molar-refractivity contribution < 1.29 is 19.1 Å². The Morgan fingerprint density at radius 1 is 1.00 bits per heavy atom. The summed E-state index contributed by atoms with van der Waals surface area (Å²) in [5, 5.41) is 9.93. The van der Waals surface area contributed by atoms with Gasteiger partial charge in [-0.2, -0.15) is 0 Å². The zero-order valence-electron chi connectivity index (χ0n) is 16.2. The predicted molar refractivity (Wildman–Crippen MR) is 108 cm³/mol. The SMILES string of the molecule is Cc1nc(-c2ccccc2)oc1C(=O)N1CCC(C(=O)O)(c2ccccc2)CC1. The smallest absolute Gasteiger partial charge is 0.314 e. The topological polar surface area (TPSA) is 83.6 Å². The summed E-state index contributed by atoms with van der Waals surface area (Å²) in [6, 6.07) is 18.7. The van der Waals surface area contributed by atoms with E-state index in [0.29, 0.717) is 37.5 Å². The van der Waals surface area contributed by atoms with Gasteiger partial charge in [-0.15, -0.1) is 0 Å². The van der Waals surface area contributed by atoms with E-state index in [9.17, 15) is 14.7 Å². The Balaban J connectivity index is 1.54. The summed E-state index contributed by atoms with van der Waals surface area (Å²) in [7, 11) is 0. The first-order valence-electron chi connectivity index (χ1n) is 9.62. The van der Waals surface area contributed by atoms with Gasteiger partial charge in [0.05, 0.1) is 11.1 Å². The van der Waals surface area contributed by atoms with Crippen LogP contribution in [0.15, 0.2) is 65.1 Å². The highest BCUT2D eigenvalue weighted by molar-refractivity contribution is 5.93. The molecule has 29 heavy (non-hydrogen) atoms. The van der Waals surface area contributed by atoms with Crippen LogP contribution in [0.4, 0.5) is 0 Å². The summed E-state index contributed by atoms with van der Waals surface area (Å²) >= 11 is 0. The molecule has 0 aliphatic carbocycles. The number of aliphatic carboxylic acids is 1. The Labute approximate surface area is 168 Å². The third-order valence-electron chi connectivity index (χ3n) is 5.65. The van der Waals surface area contributed by atoms with Crippen LogP contribution in [0, 0.1) is 6.92 Å². The van der Waals surface area contributed by atoms with Crippen LogP contribution in [0.3, 0.4) is 0 Å². The van der Waals surface area contributed by atoms with Crippen LogP contribution < -0.4 is 0 Å². The van der Waals surface area contributed by atoms with Gasteiger partial charge in [-0.25, -0.2) is 4.98 Å². The van der Waals surface area contributed by atoms with Gasteiger partial charge in [0.2, 0.25) is 11.7 Å². The van der Waals surface area contributed by atoms with E-state index in [0.717, 1.165) is 11.1 Å². The highest BCUT2D eigenvalue weighted by Gasteiger charge is 2.44. The summed E-state index contributed by atoms with van der Waals surface area (Å²) in [4.78, 5) is 31.2. The zero-order valence-corrected chi connectivity index (χ0v) is 16.2. The van der Waals surface area contributed by atoms with Gasteiger partial charge in [-0.1, -0.05) is 48.5 Å². The molecule has 1 aromatic heterocycles. The molecule has 0 spiro atoms. The third kappa shape index (κ3) is 3.42. The quantitative estimate of drug-likeness (QED) is 0.730. The number of carboxylic acids is 1. The summed E-state index contributed by atoms with van der Waals surface area (Å²) in [6.45, 7) is 2.44. The maximum atomic E-state index is 13.0. The first kappa shape index (κ1) is 18.9. The number of carbonyl (C=O) groups excluding carboxylic acids is 1. The van der Waals surface area contributed by atoms with Crippen molar-refractivity contribution in [3.63, 3.8) is 0 Å². The van der Waals surface area contributed by atoms with Crippen molar-refractivity contribution >= 4 is 11.9 Å². The molecule has 1 fully saturated rings. The van der Waals surface area contributed by atoms with Gasteiger partial charge in [0.1, 0.15) is 0 Å². The lowest BCUT2D eigenvalue weighted by molar-refractivity contribution is -0.145. The molecule has 0 radical (unpaired) electrons. The summed E-state index contributed by atoms with van der Waals surface area (Å²) in [5.74, 6) is -0.471. The second-order valence-corrected chi connectivity index (χ2v) is 7.35. The van der Waals surface area contributed by atoms with Crippen molar-refractivity contribution in [1.29, 1.82) is 0 Å². The normalized spacial score (nSPS) is 15.8. The number of likely N-dealkylation sites (tertiary alicyclic amines) is 1. The third-order valence-corrected chi connectivity index (χ3v) is 5.65. The second kappa shape index (κ2) is 7.54. The average molecular weight is 390 g/mol. The molecule has 2 aromatic carbocycles. The lowest BCUT2D eigenvalue weighted by Crippen LogP contribution is -2.49. The fraction of sp³-hybridized carbons (Fsp3) is 0.261. The summed E-state index contributed by atoms with van der Waals surface area (Å²) < 4.78 is 5.78. The molecule has 2 heterocycles. The van der Waals surface area contributed by atoms with Gasteiger partial charge in [0.15, 0.2) is 0 Å². The van der Waals surface area contributed by atoms with Crippen LogP contribution >= 0.6 is 0 Å². The fourth-order valence-electron chi connectivity index (χ4n) is 3.92. The van der Waals surface area contributed by atoms with E-state index in [1.54, 1.807) is 11.8 Å². The molecule has 1 aliphatic rings. The minimum Gasteiger partial charge on any atom is -0.481 e. The molecule has 6 heteroatoms. The van der Waals surface area contributed by atoms with Crippen LogP contribution in [-0.2, 0) is 10.2 Å². The zero-order chi connectivity index (χ0) is 20.4. The predicted octanol–water partition coefficient (Wildman–Crippen LogP) is 3.91. The number of hydrogen-bond acceptors (Lipinski definition) is 4. The highest BCUT2D eigenvalue weighted by atomic mass is 16.4. The van der Waals surface area contributed by atoms with Crippen molar-refractivity contribution in [3.8, 4) is 11.5 Å². The Bertz CT molecular complexity index is 1020. The average Bonchev–Trinajstić information content (AvgIpc) is 3.16. The van der Waals surface area contributed by atoms with E-state index in [2.05, 4.69) is 4.98 Å². The number of benzene rings is 2. The molecule has 0 atom stereocenters. The Kier molecular flexibility index (Phi) is 4.92. The number of nitrogens with zero attached hydrogens (tertiary/aromatic N) is 2. The molecule has 0 saturated carbocycles. The molecule has 148 valence electrons. The van der Waals surface area contributed by atoms with Crippen molar-refractivity contribution in [2.24, 2.45) is 0 Å². The van der Waals surface area contributed by atoms with Crippen molar-refractivity contribution in [2.45, 2.75) is 25.2 Å². The summed E-state index contributed by atoms with van der Waals surface area (Å²) in [6.07, 6.45) is 0.716. The van der Waals surface area contributed by atoms with Crippen LogP contribution in [0.2, 0.25) is 0 Å². The molecule has 1 aliphatic heterocycles. The van der Waals surface area contributed by atoms with Crippen LogP contribution in [-0.4, -0.2) is 40.0 Å². The maximum Gasteiger partial charge on any atom is 0.314 e. The Hall–Kier alpha value is -3.41. The Morgan fingerprint density at radius 3 is 2.17 bits per heavy atom. The molecule has 0 unspecified atom stereocenters. The number of rotatable bonds is 4. The van der Waals surface area contributed by atoms with Crippen molar-refractivity contribution in [2.75, 3.05) is 13.1 Å². The largest absolute Gasteiger partial charge is 0.481 e. The van der Waals surface area contributed by atoms with Crippen LogP contribution in [0.1, 0.15) is 34.7 Å². The Morgan fingerprint density at radius 2 is 1.59 bits per heavy atom. The standard InChI is InChI=1S/C23H22N2O4/c1-16-19(29-20(24-16)17-8-4-2-5-9-17)21(26)25-14-12-23(13-15-25,22(27)28)18-10-6-3-7-11-18/h2-11H,12-15H2,1H3,(H,27,28). The number of piperidine rings is 1. The lowest BCUT2D eigenvalue weighted by Gasteiger charge is -2.39. The minimum absolute atomic E-state index is 0.214. The molecular formula is C23H22N2O4. The number of oxazole rings is 1. The minimum atomic E-state index is -0.969. The maximum absolute atomic E-state index is 13.0. The summed E-state index contributed by atoms with van der Waals surface area (Å²) in [5.41, 5.74) is 1.15. The van der Waals surface area contributed by atoms with E-state index in [4.69, 9.17) is 4.42 Å². The number of carbonyl (C=O) groups is 2. The number of hydrogen-bond donors (Lipinski definition) is 1. The van der Waals surface area contributed by atoms with Gasteiger partial charge < -0.3 is 14.4 Å². The van der Waals surface area contributed by atoms with E-state index in [1.165, 1.54) is 0 Å². The molecular weight excluding hydrogens is 368 g/mol. The molecule has 1 amide bonds. The van der Waals surface area contributed by atoms with Crippen LogP contribution in [0.5, 0.6) is 0 Å². The molecule has 4 rings (SSSR count). The molecule has 6 nitrogen and oxygen atoms in total. The number of aromatic nitrogens is 1. The fourth-order valence-corrected chi connectivity index (χ4v) is 3.92. The van der Waals surface area contributed by atoms with Crippen molar-refractivity contribution in [1.82, 2.24) is 9.88 Å². The van der Waals surface area contributed by atoms with Gasteiger partial charge in [0.25, 0.3) is 5.91 Å². The van der Waals surface area contributed by atoms with Gasteiger partial charge >= 0.3 is 5.97 Å². The van der Waals surface area contributed by atoms with E-state index in [-0.39, 0.29) is 11.7 Å². The van der Waals surface area contributed by atoms with Crippen molar-refractivity contribution in [3.05, 3.63) is 77.7 Å². The van der Waals surface area contributed by atoms with Gasteiger partial charge in [-0.3, -0.25) is 9.59 Å². The van der Waals surface area contributed by atoms with E-state index in [1.807, 2.05) is 60.7 Å². The molecule has 1 saturated heterocycles. The second-order valence-electron chi connectivity index (χ2n) is 7.35. The highest BCUT2D eigenvalue weighted by Crippen LogP contribution is 2.36. The van der Waals surface area contributed by atoms with E-state index >= 15 is 0 Å². The molecule has 0 bridgehead atoms. The molecule has 1 N–H and O–H groups in total. The number of amides is 1. The van der Waals surface area contributed by atoms with Crippen LogP contribution in [0.25, 0.3) is 11.5 Å². The first-order chi connectivity index (χ1) is 14.0.